The van der Waals surface area contributed by atoms with Crippen molar-refractivity contribution in [2.75, 3.05) is 6.54 Å². The van der Waals surface area contributed by atoms with Gasteiger partial charge >= 0.3 is 0 Å². The van der Waals surface area contributed by atoms with Crippen LogP contribution in [0.25, 0.3) is 0 Å². The van der Waals surface area contributed by atoms with Crippen molar-refractivity contribution in [1.29, 1.82) is 0 Å². The molecule has 0 aliphatic heterocycles. The van der Waals surface area contributed by atoms with Crippen molar-refractivity contribution in [3.05, 3.63) is 49.6 Å². The van der Waals surface area contributed by atoms with Crippen molar-refractivity contribution in [2.45, 2.75) is 40.3 Å². The highest BCUT2D eigenvalue weighted by molar-refractivity contribution is 14.0. The third-order valence-corrected chi connectivity index (χ3v) is 6.28. The van der Waals surface area contributed by atoms with Crippen LogP contribution in [0.15, 0.2) is 22.5 Å². The van der Waals surface area contributed by atoms with E-state index in [2.05, 4.69) is 62.2 Å². The number of hydrogen-bond acceptors (Lipinski definition) is 6. The van der Waals surface area contributed by atoms with Gasteiger partial charge in [-0.3, -0.25) is 0 Å². The second-order valence-corrected chi connectivity index (χ2v) is 8.57. The van der Waals surface area contributed by atoms with E-state index in [-0.39, 0.29) is 24.0 Å². The van der Waals surface area contributed by atoms with E-state index in [9.17, 15) is 0 Å². The van der Waals surface area contributed by atoms with Crippen LogP contribution < -0.4 is 10.6 Å². The lowest BCUT2D eigenvalue weighted by Crippen LogP contribution is -2.38. The van der Waals surface area contributed by atoms with Crippen LogP contribution in [0.3, 0.4) is 0 Å². The molecule has 2 N–H and O–H groups in total. The molecule has 0 aromatic carbocycles. The van der Waals surface area contributed by atoms with Crippen molar-refractivity contribution in [3.8, 4) is 0 Å². The average molecular weight is 531 g/mol. The van der Waals surface area contributed by atoms with Gasteiger partial charge in [-0.2, -0.15) is 0 Å². The van der Waals surface area contributed by atoms with Crippen LogP contribution in [0.2, 0.25) is 0 Å². The first kappa shape index (κ1) is 22.8. The molecule has 0 bridgehead atoms. The minimum Gasteiger partial charge on any atom is -0.356 e. The van der Waals surface area contributed by atoms with Crippen LogP contribution in [-0.2, 0) is 26.6 Å². The Labute approximate surface area is 190 Å². The van der Waals surface area contributed by atoms with Crippen molar-refractivity contribution in [1.82, 2.24) is 30.4 Å². The van der Waals surface area contributed by atoms with Crippen LogP contribution in [0.1, 0.15) is 32.1 Å². The Morgan fingerprint density at radius 2 is 2.04 bits per heavy atom. The topological polar surface area (TPSA) is 80.0 Å². The summed E-state index contributed by atoms with van der Waals surface area (Å²) in [5.74, 6) is 2.50. The summed E-state index contributed by atoms with van der Waals surface area (Å²) in [4.78, 5) is 11.8. The molecule has 3 aromatic rings. The zero-order valence-electron chi connectivity index (χ0n) is 16.5. The van der Waals surface area contributed by atoms with Gasteiger partial charge in [0.1, 0.15) is 12.4 Å². The van der Waals surface area contributed by atoms with E-state index in [1.165, 1.54) is 9.75 Å². The molecule has 0 atom stereocenters. The Morgan fingerprint density at radius 1 is 1.21 bits per heavy atom. The fraction of sp³-hybridized carbons (Fsp3) is 0.444. The van der Waals surface area contributed by atoms with E-state index in [0.717, 1.165) is 47.8 Å². The van der Waals surface area contributed by atoms with Gasteiger partial charge in [0.25, 0.3) is 0 Å². The number of guanidine groups is 1. The van der Waals surface area contributed by atoms with Gasteiger partial charge in [0, 0.05) is 29.8 Å². The molecule has 10 heteroatoms. The van der Waals surface area contributed by atoms with Crippen LogP contribution >= 0.6 is 46.7 Å². The standard InChI is InChI=1S/C18H25N7S2.HI/c1-12-13(2)27-17(22-12)7-8-19-18(20-10-15-6-5-9-26-15)21-11-16-24-23-14(3)25(16)4;/h5-6,9H,7-8,10-11H2,1-4H3,(H2,19,20,21);1H. The minimum atomic E-state index is 0. The van der Waals surface area contributed by atoms with Crippen molar-refractivity contribution >= 4 is 52.6 Å². The van der Waals surface area contributed by atoms with Gasteiger partial charge in [0.15, 0.2) is 11.8 Å². The highest BCUT2D eigenvalue weighted by atomic mass is 127. The third kappa shape index (κ3) is 6.24. The number of thiophene rings is 1. The molecular weight excluding hydrogens is 505 g/mol. The molecule has 28 heavy (non-hydrogen) atoms. The number of aromatic nitrogens is 4. The van der Waals surface area contributed by atoms with Gasteiger partial charge in [-0.25, -0.2) is 9.98 Å². The van der Waals surface area contributed by atoms with Crippen LogP contribution in [0, 0.1) is 20.8 Å². The molecule has 0 spiro atoms. The first-order valence-electron chi connectivity index (χ1n) is 8.85. The summed E-state index contributed by atoms with van der Waals surface area (Å²) >= 11 is 3.49. The quantitative estimate of drug-likeness (QED) is 0.278. The van der Waals surface area contributed by atoms with Gasteiger partial charge in [-0.15, -0.1) is 56.8 Å². The molecule has 0 saturated carbocycles. The molecule has 0 saturated heterocycles. The number of aliphatic imine (C=N–C) groups is 1. The zero-order valence-corrected chi connectivity index (χ0v) is 20.5. The molecule has 3 aromatic heterocycles. The molecule has 0 fully saturated rings. The van der Waals surface area contributed by atoms with Crippen LogP contribution in [-0.4, -0.2) is 32.3 Å². The third-order valence-electron chi connectivity index (χ3n) is 4.28. The summed E-state index contributed by atoms with van der Waals surface area (Å²) in [6, 6.07) is 4.17. The van der Waals surface area contributed by atoms with E-state index >= 15 is 0 Å². The fourth-order valence-electron chi connectivity index (χ4n) is 2.43. The molecule has 0 amide bonds. The Balaban J connectivity index is 0.00000280. The SMILES string of the molecule is Cc1nc(CCNC(=NCc2nnc(C)n2C)NCc2cccs2)sc1C.I. The maximum Gasteiger partial charge on any atom is 0.192 e. The van der Waals surface area contributed by atoms with E-state index in [4.69, 9.17) is 0 Å². The Bertz CT molecular complexity index is 880. The predicted octanol–water partition coefficient (Wildman–Crippen LogP) is 3.35. The second kappa shape index (κ2) is 10.9. The Kier molecular flexibility index (Phi) is 8.83. The summed E-state index contributed by atoms with van der Waals surface area (Å²) in [7, 11) is 1.96. The van der Waals surface area contributed by atoms with Crippen LogP contribution in [0.5, 0.6) is 0 Å². The molecule has 0 unspecified atom stereocenters. The molecule has 3 heterocycles. The van der Waals surface area contributed by atoms with Crippen LogP contribution in [0.4, 0.5) is 0 Å². The van der Waals surface area contributed by atoms with E-state index in [1.807, 2.05) is 18.5 Å². The van der Waals surface area contributed by atoms with E-state index in [1.54, 1.807) is 22.7 Å². The predicted molar refractivity (Wildman–Crippen MR) is 127 cm³/mol. The summed E-state index contributed by atoms with van der Waals surface area (Å²) in [5.41, 5.74) is 1.12. The Morgan fingerprint density at radius 3 is 2.64 bits per heavy atom. The Hall–Kier alpha value is -1.53. The second-order valence-electron chi connectivity index (χ2n) is 6.25. The normalized spacial score (nSPS) is 11.4. The maximum atomic E-state index is 4.68. The van der Waals surface area contributed by atoms with Gasteiger partial charge in [0.2, 0.25) is 0 Å². The molecule has 152 valence electrons. The monoisotopic (exact) mass is 531 g/mol. The summed E-state index contributed by atoms with van der Waals surface area (Å²) in [6.45, 7) is 8.11. The summed E-state index contributed by atoms with van der Waals surface area (Å²) in [5, 5.41) is 18.3. The number of hydrogen-bond donors (Lipinski definition) is 2. The average Bonchev–Trinajstić information content (AvgIpc) is 3.35. The number of halogens is 1. The molecule has 7 nitrogen and oxygen atoms in total. The van der Waals surface area contributed by atoms with Crippen molar-refractivity contribution < 1.29 is 0 Å². The lowest BCUT2D eigenvalue weighted by molar-refractivity contribution is 0.749. The van der Waals surface area contributed by atoms with Crippen molar-refractivity contribution in [2.24, 2.45) is 12.0 Å². The number of thiazole rings is 1. The first-order chi connectivity index (χ1) is 13.0. The first-order valence-corrected chi connectivity index (χ1v) is 10.5. The number of nitrogens with one attached hydrogen (secondary N) is 2. The molecular formula is C18H26IN7S2. The highest BCUT2D eigenvalue weighted by Gasteiger charge is 2.07. The summed E-state index contributed by atoms with van der Waals surface area (Å²) < 4.78 is 1.96. The van der Waals surface area contributed by atoms with Gasteiger partial charge in [-0.1, -0.05) is 6.07 Å². The van der Waals surface area contributed by atoms with Crippen molar-refractivity contribution in [3.63, 3.8) is 0 Å². The van der Waals surface area contributed by atoms with Gasteiger partial charge in [-0.05, 0) is 32.2 Å². The highest BCUT2D eigenvalue weighted by Crippen LogP contribution is 2.16. The minimum absolute atomic E-state index is 0. The number of nitrogens with zero attached hydrogens (tertiary/aromatic N) is 5. The molecule has 0 aliphatic rings. The van der Waals surface area contributed by atoms with E-state index < -0.39 is 0 Å². The maximum absolute atomic E-state index is 4.68. The molecule has 3 rings (SSSR count). The lowest BCUT2D eigenvalue weighted by atomic mass is 10.4. The largest absolute Gasteiger partial charge is 0.356 e. The van der Waals surface area contributed by atoms with Gasteiger partial charge in [0.05, 0.1) is 17.2 Å². The number of aryl methyl sites for hydroxylation is 3. The summed E-state index contributed by atoms with van der Waals surface area (Å²) in [6.07, 6.45) is 0.877. The molecule has 0 aliphatic carbocycles. The van der Waals surface area contributed by atoms with Gasteiger partial charge < -0.3 is 15.2 Å². The molecule has 0 radical (unpaired) electrons. The fourth-order valence-corrected chi connectivity index (χ4v) is 4.01. The number of rotatable bonds is 7. The smallest absolute Gasteiger partial charge is 0.192 e. The zero-order chi connectivity index (χ0) is 19.2. The lowest BCUT2D eigenvalue weighted by Gasteiger charge is -2.11. The van der Waals surface area contributed by atoms with E-state index in [0.29, 0.717) is 6.54 Å².